The number of alkyl halides is 3. The second kappa shape index (κ2) is 10.1. The molecule has 4 nitrogen and oxygen atoms in total. The van der Waals surface area contributed by atoms with E-state index in [1.165, 1.54) is 0 Å². The quantitative estimate of drug-likeness (QED) is 0.375. The van der Waals surface area contributed by atoms with Gasteiger partial charge in [0.1, 0.15) is 11.6 Å². The molecule has 32 heavy (non-hydrogen) atoms. The summed E-state index contributed by atoms with van der Waals surface area (Å²) in [7, 11) is 0. The molecular weight excluding hydrogens is 449 g/mol. The molecule has 1 aliphatic heterocycles. The highest BCUT2D eigenvalue weighted by Crippen LogP contribution is 2.36. The van der Waals surface area contributed by atoms with Crippen LogP contribution in [-0.4, -0.2) is 32.8 Å². The molecule has 0 aliphatic carbocycles. The van der Waals surface area contributed by atoms with E-state index in [1.54, 1.807) is 0 Å². The van der Waals surface area contributed by atoms with E-state index in [1.807, 2.05) is 6.92 Å². The van der Waals surface area contributed by atoms with Crippen LogP contribution in [0.1, 0.15) is 25.2 Å². The maximum Gasteiger partial charge on any atom is 0.573 e. The summed E-state index contributed by atoms with van der Waals surface area (Å²) in [5.41, 5.74) is -1.46. The second-order valence-corrected chi connectivity index (χ2v) is 7.03. The van der Waals surface area contributed by atoms with Crippen LogP contribution in [0.2, 0.25) is 0 Å². The molecule has 0 radical (unpaired) electrons. The summed E-state index contributed by atoms with van der Waals surface area (Å²) in [4.78, 5) is 0. The molecular formula is C21H19F7O4. The summed E-state index contributed by atoms with van der Waals surface area (Å²) in [6.07, 6.45) is -5.70. The molecule has 1 fully saturated rings. The lowest BCUT2D eigenvalue weighted by molar-refractivity contribution is -0.276. The summed E-state index contributed by atoms with van der Waals surface area (Å²) in [5.74, 6) is -7.60. The summed E-state index contributed by atoms with van der Waals surface area (Å²) >= 11 is 0. The smallest absolute Gasteiger partial charge is 0.399 e. The lowest BCUT2D eigenvalue weighted by atomic mass is 10.0. The first-order chi connectivity index (χ1) is 15.1. The highest BCUT2D eigenvalue weighted by Gasteiger charge is 2.34. The van der Waals surface area contributed by atoms with Crippen LogP contribution in [0.25, 0.3) is 11.1 Å². The van der Waals surface area contributed by atoms with Gasteiger partial charge in [0, 0.05) is 24.7 Å². The Hall–Kier alpha value is -2.37. The number of hydrogen-bond acceptors (Lipinski definition) is 4. The molecule has 3 rings (SSSR count). The van der Waals surface area contributed by atoms with Crippen molar-refractivity contribution in [2.24, 2.45) is 5.92 Å². The first-order valence-electron chi connectivity index (χ1n) is 9.64. The molecule has 1 heterocycles. The lowest BCUT2D eigenvalue weighted by Gasteiger charge is -2.29. The monoisotopic (exact) mass is 468 g/mol. The molecule has 0 amide bonds. The highest BCUT2D eigenvalue weighted by molar-refractivity contribution is 5.66. The fraction of sp³-hybridized carbons (Fsp3) is 0.429. The van der Waals surface area contributed by atoms with Crippen molar-refractivity contribution in [3.8, 4) is 16.9 Å². The molecule has 0 unspecified atom stereocenters. The normalized spacial score (nSPS) is 19.2. The standard InChI is InChI=1S/C21H19F7O4/c1-2-29-4-3-11-9-30-20(31-10-11)13-7-14(22)18(15(23)8-13)12-5-16(24)19(17(25)6-12)32-21(26,27)28/h5-8,11,20H,2-4,9-10H2,1H3. The van der Waals surface area contributed by atoms with Gasteiger partial charge < -0.3 is 18.9 Å². The van der Waals surface area contributed by atoms with Crippen LogP contribution in [0.5, 0.6) is 5.75 Å². The number of hydrogen-bond donors (Lipinski definition) is 0. The average molecular weight is 468 g/mol. The molecule has 11 heteroatoms. The lowest BCUT2D eigenvalue weighted by Crippen LogP contribution is -2.28. The van der Waals surface area contributed by atoms with Crippen molar-refractivity contribution < 1.29 is 49.7 Å². The van der Waals surface area contributed by atoms with E-state index in [2.05, 4.69) is 4.74 Å². The predicted octanol–water partition coefficient (Wildman–Crippen LogP) is 5.90. The topological polar surface area (TPSA) is 36.9 Å². The fourth-order valence-corrected chi connectivity index (χ4v) is 3.22. The van der Waals surface area contributed by atoms with Crippen LogP contribution in [0.4, 0.5) is 30.7 Å². The SMILES string of the molecule is CCOCCC1COC(c2cc(F)c(-c3cc(F)c(OC(F)(F)F)c(F)c3)c(F)c2)OC1. The van der Waals surface area contributed by atoms with Gasteiger partial charge in [0.05, 0.1) is 18.8 Å². The van der Waals surface area contributed by atoms with Gasteiger partial charge >= 0.3 is 6.36 Å². The molecule has 0 atom stereocenters. The highest BCUT2D eigenvalue weighted by atomic mass is 19.4. The maximum absolute atomic E-state index is 14.6. The average Bonchev–Trinajstić information content (AvgIpc) is 2.70. The van der Waals surface area contributed by atoms with Crippen LogP contribution in [0.15, 0.2) is 24.3 Å². The van der Waals surface area contributed by atoms with Crippen molar-refractivity contribution in [1.82, 2.24) is 0 Å². The molecule has 0 saturated carbocycles. The van der Waals surface area contributed by atoms with E-state index in [-0.39, 0.29) is 24.7 Å². The molecule has 2 aromatic rings. The van der Waals surface area contributed by atoms with Gasteiger partial charge in [-0.05, 0) is 43.2 Å². The Morgan fingerprint density at radius 2 is 1.47 bits per heavy atom. The third kappa shape index (κ3) is 5.90. The van der Waals surface area contributed by atoms with E-state index in [0.717, 1.165) is 12.1 Å². The summed E-state index contributed by atoms with van der Waals surface area (Å²) in [6.45, 7) is 3.52. The van der Waals surface area contributed by atoms with Crippen molar-refractivity contribution in [2.75, 3.05) is 26.4 Å². The third-order valence-electron chi connectivity index (χ3n) is 4.68. The summed E-state index contributed by atoms with van der Waals surface area (Å²) in [5, 5.41) is 0. The largest absolute Gasteiger partial charge is 0.573 e. The second-order valence-electron chi connectivity index (χ2n) is 7.03. The zero-order chi connectivity index (χ0) is 23.5. The molecule has 0 N–H and O–H groups in total. The van der Waals surface area contributed by atoms with Gasteiger partial charge in [-0.25, -0.2) is 17.6 Å². The van der Waals surface area contributed by atoms with Gasteiger partial charge in [0.15, 0.2) is 17.9 Å². The minimum absolute atomic E-state index is 0.00461. The van der Waals surface area contributed by atoms with Crippen LogP contribution in [0.3, 0.4) is 0 Å². The first kappa shape index (κ1) is 24.3. The Morgan fingerprint density at radius 1 is 0.906 bits per heavy atom. The maximum atomic E-state index is 14.6. The van der Waals surface area contributed by atoms with Gasteiger partial charge in [0.25, 0.3) is 0 Å². The number of halogens is 7. The summed E-state index contributed by atoms with van der Waals surface area (Å²) in [6, 6.07) is 2.45. The Labute approximate surface area is 178 Å². The van der Waals surface area contributed by atoms with Crippen molar-refractivity contribution in [2.45, 2.75) is 26.0 Å². The Balaban J connectivity index is 1.78. The number of rotatable bonds is 7. The van der Waals surface area contributed by atoms with Crippen molar-refractivity contribution in [3.05, 3.63) is 53.1 Å². The van der Waals surface area contributed by atoms with Crippen LogP contribution >= 0.6 is 0 Å². The Kier molecular flexibility index (Phi) is 7.63. The van der Waals surface area contributed by atoms with E-state index in [0.29, 0.717) is 31.8 Å². The van der Waals surface area contributed by atoms with E-state index < -0.39 is 52.8 Å². The van der Waals surface area contributed by atoms with Crippen LogP contribution in [-0.2, 0) is 14.2 Å². The molecule has 1 saturated heterocycles. The van der Waals surface area contributed by atoms with Gasteiger partial charge in [0.2, 0.25) is 5.75 Å². The molecule has 2 aromatic carbocycles. The van der Waals surface area contributed by atoms with Gasteiger partial charge in [-0.1, -0.05) is 0 Å². The molecule has 0 spiro atoms. The third-order valence-corrected chi connectivity index (χ3v) is 4.68. The van der Waals surface area contributed by atoms with Crippen molar-refractivity contribution in [3.63, 3.8) is 0 Å². The van der Waals surface area contributed by atoms with Crippen molar-refractivity contribution in [1.29, 1.82) is 0 Å². The van der Waals surface area contributed by atoms with Crippen molar-refractivity contribution >= 4 is 0 Å². The van der Waals surface area contributed by atoms with Crippen LogP contribution < -0.4 is 4.74 Å². The Morgan fingerprint density at radius 3 is 1.97 bits per heavy atom. The molecule has 0 bridgehead atoms. The zero-order valence-electron chi connectivity index (χ0n) is 16.8. The van der Waals surface area contributed by atoms with E-state index >= 15 is 0 Å². The predicted molar refractivity (Wildman–Crippen MR) is 97.6 cm³/mol. The van der Waals surface area contributed by atoms with Gasteiger partial charge in [-0.2, -0.15) is 0 Å². The van der Waals surface area contributed by atoms with Gasteiger partial charge in [-0.3, -0.25) is 0 Å². The number of ether oxygens (including phenoxy) is 4. The van der Waals surface area contributed by atoms with E-state index in [4.69, 9.17) is 14.2 Å². The molecule has 1 aliphatic rings. The minimum atomic E-state index is -5.34. The summed E-state index contributed by atoms with van der Waals surface area (Å²) < 4.78 is 114. The first-order valence-corrected chi connectivity index (χ1v) is 9.64. The van der Waals surface area contributed by atoms with E-state index in [9.17, 15) is 30.7 Å². The number of benzene rings is 2. The minimum Gasteiger partial charge on any atom is -0.399 e. The molecule has 0 aromatic heterocycles. The zero-order valence-corrected chi connectivity index (χ0v) is 16.8. The Bertz CT molecular complexity index is 894. The van der Waals surface area contributed by atoms with Gasteiger partial charge in [-0.15, -0.1) is 13.2 Å². The fourth-order valence-electron chi connectivity index (χ4n) is 3.22. The molecule has 176 valence electrons. The van der Waals surface area contributed by atoms with Crippen LogP contribution in [0, 0.1) is 29.2 Å².